The zero-order chi connectivity index (χ0) is 21.6. The molecule has 0 saturated carbocycles. The molecule has 0 fully saturated rings. The van der Waals surface area contributed by atoms with Gasteiger partial charge in [-0.05, 0) is 57.1 Å². The smallest absolute Gasteiger partial charge is 0.354 e. The van der Waals surface area contributed by atoms with Crippen LogP contribution >= 0.6 is 11.3 Å². The number of rotatable bonds is 4. The Labute approximate surface area is 175 Å². The number of carbonyl (C=O) groups excluding carboxylic acids is 1. The second-order valence-corrected chi connectivity index (χ2v) is 11.1. The van der Waals surface area contributed by atoms with E-state index in [9.17, 15) is 14.1 Å². The van der Waals surface area contributed by atoms with Crippen molar-refractivity contribution in [1.82, 2.24) is 9.97 Å². The van der Waals surface area contributed by atoms with Crippen molar-refractivity contribution >= 4 is 33.0 Å². The molecule has 2 aromatic rings. The molecule has 0 aromatic carbocycles. The van der Waals surface area contributed by atoms with Gasteiger partial charge >= 0.3 is 6.03 Å². The lowest BCUT2D eigenvalue weighted by molar-refractivity contribution is 0.0783. The van der Waals surface area contributed by atoms with Crippen molar-refractivity contribution in [2.24, 2.45) is 9.50 Å². The third-order valence-corrected chi connectivity index (χ3v) is 7.97. The number of thiazole rings is 1. The predicted molar refractivity (Wildman–Crippen MR) is 114 cm³/mol. The summed E-state index contributed by atoms with van der Waals surface area (Å²) in [6.45, 7) is 9.15. The van der Waals surface area contributed by atoms with E-state index in [1.165, 1.54) is 6.20 Å². The number of amides is 2. The maximum Gasteiger partial charge on any atom is 0.354 e. The third-order valence-electron chi connectivity index (χ3n) is 4.78. The lowest BCUT2D eigenvalue weighted by Crippen LogP contribution is -2.19. The van der Waals surface area contributed by atoms with Gasteiger partial charge in [0.2, 0.25) is 0 Å². The number of hydrogen-bond acceptors (Lipinski definition) is 6. The number of pyridine rings is 1. The summed E-state index contributed by atoms with van der Waals surface area (Å²) >= 11 is 0.980. The number of nitrogens with zero attached hydrogens (tertiary/aromatic N) is 3. The van der Waals surface area contributed by atoms with Gasteiger partial charge in [-0.3, -0.25) is 4.98 Å². The van der Waals surface area contributed by atoms with Crippen molar-refractivity contribution in [1.29, 1.82) is 0 Å². The molecule has 1 aliphatic rings. The summed E-state index contributed by atoms with van der Waals surface area (Å²) in [7, 11) is -3.48. The average molecular weight is 438 g/mol. The van der Waals surface area contributed by atoms with Gasteiger partial charge in [-0.1, -0.05) is 13.8 Å². The summed E-state index contributed by atoms with van der Waals surface area (Å²) in [6.07, 6.45) is 3.99. The fourth-order valence-corrected chi connectivity index (χ4v) is 5.61. The number of aliphatic hydroxyl groups is 1. The molecule has 2 amide bonds. The molecule has 10 heteroatoms. The van der Waals surface area contributed by atoms with Crippen molar-refractivity contribution in [2.45, 2.75) is 69.6 Å². The molecule has 29 heavy (non-hydrogen) atoms. The Bertz CT molecular complexity index is 1080. The second-order valence-electron chi connectivity index (χ2n) is 8.05. The van der Waals surface area contributed by atoms with Gasteiger partial charge < -0.3 is 10.4 Å². The molecule has 2 aromatic heterocycles. The van der Waals surface area contributed by atoms with Crippen LogP contribution in [-0.2, 0) is 28.4 Å². The van der Waals surface area contributed by atoms with Crippen LogP contribution in [-0.4, -0.2) is 25.3 Å². The number of nitrogens with two attached hydrogens (primary N) is 1. The van der Waals surface area contributed by atoms with Gasteiger partial charge in [0, 0.05) is 11.4 Å². The maximum atomic E-state index is 12.9. The van der Waals surface area contributed by atoms with Crippen LogP contribution < -0.4 is 10.5 Å². The van der Waals surface area contributed by atoms with Gasteiger partial charge in [0.05, 0.1) is 11.9 Å². The Morgan fingerprint density at radius 2 is 2.10 bits per heavy atom. The Hall–Kier alpha value is -1.88. The van der Waals surface area contributed by atoms with Crippen molar-refractivity contribution in [2.75, 3.05) is 5.32 Å². The summed E-state index contributed by atoms with van der Waals surface area (Å²) in [4.78, 5) is 21.4. The molecule has 1 aliphatic carbocycles. The lowest BCUT2D eigenvalue weighted by atomic mass is 9.96. The summed E-state index contributed by atoms with van der Waals surface area (Å²) in [5.74, 6) is 0.154. The third kappa shape index (κ3) is 4.50. The van der Waals surface area contributed by atoms with E-state index in [0.717, 1.165) is 53.1 Å². The largest absolute Gasteiger partial charge is 0.383 e. The number of carbonyl (C=O) groups is 1. The monoisotopic (exact) mass is 437 g/mol. The Kier molecular flexibility index (Phi) is 5.83. The van der Waals surface area contributed by atoms with Gasteiger partial charge in [0.1, 0.15) is 14.8 Å². The first-order valence-electron chi connectivity index (χ1n) is 9.47. The van der Waals surface area contributed by atoms with Gasteiger partial charge in [-0.25, -0.2) is 19.1 Å². The van der Waals surface area contributed by atoms with Crippen molar-refractivity contribution in [3.05, 3.63) is 33.7 Å². The normalized spacial score (nSPS) is 15.9. The standard InChI is InChI=1S/C19H27N5O3S2/c1-10(2)15-11(3)22-13-8-6-7-12(13)16(15)23-18(25)24-29(20,27)14-9-21-17(28-14)19(4,5)26/h9-10,26H,6-8H2,1-5H3,(H3,20,22,23,24,25,27). The molecular formula is C19H27N5O3S2. The number of nitrogens with one attached hydrogen (secondary N) is 1. The van der Waals surface area contributed by atoms with E-state index in [2.05, 4.69) is 14.7 Å². The van der Waals surface area contributed by atoms with Gasteiger partial charge in [0.25, 0.3) is 0 Å². The minimum Gasteiger partial charge on any atom is -0.383 e. The molecule has 8 nitrogen and oxygen atoms in total. The lowest BCUT2D eigenvalue weighted by Gasteiger charge is -2.19. The van der Waals surface area contributed by atoms with E-state index >= 15 is 0 Å². The summed E-state index contributed by atoms with van der Waals surface area (Å²) in [5.41, 5.74) is 3.37. The van der Waals surface area contributed by atoms with E-state index in [4.69, 9.17) is 10.1 Å². The molecule has 3 rings (SSSR count). The van der Waals surface area contributed by atoms with E-state index in [1.807, 2.05) is 20.8 Å². The molecular weight excluding hydrogens is 410 g/mol. The molecule has 4 N–H and O–H groups in total. The van der Waals surface area contributed by atoms with Crippen LogP contribution in [0.2, 0.25) is 0 Å². The van der Waals surface area contributed by atoms with Crippen LogP contribution in [0.25, 0.3) is 0 Å². The van der Waals surface area contributed by atoms with Crippen LogP contribution in [0, 0.1) is 6.92 Å². The topological polar surface area (TPSA) is 131 Å². The molecule has 1 unspecified atom stereocenters. The summed E-state index contributed by atoms with van der Waals surface area (Å²) < 4.78 is 16.8. The summed E-state index contributed by atoms with van der Waals surface area (Å²) in [6, 6.07) is -0.766. The Morgan fingerprint density at radius 1 is 1.41 bits per heavy atom. The minimum atomic E-state index is -3.48. The number of aromatic nitrogens is 2. The van der Waals surface area contributed by atoms with Crippen LogP contribution in [0.15, 0.2) is 14.8 Å². The van der Waals surface area contributed by atoms with Gasteiger partial charge in [-0.15, -0.1) is 15.7 Å². The van der Waals surface area contributed by atoms with E-state index in [0.29, 0.717) is 10.7 Å². The molecule has 0 aliphatic heterocycles. The second kappa shape index (κ2) is 7.75. The first-order chi connectivity index (χ1) is 13.4. The molecule has 2 heterocycles. The number of aryl methyl sites for hydroxylation is 2. The SMILES string of the molecule is Cc1nc2c(c(NC(=O)N=S(N)(=O)c3cnc(C(C)(C)O)s3)c1C(C)C)CCC2. The predicted octanol–water partition coefficient (Wildman–Crippen LogP) is 3.62. The van der Waals surface area contributed by atoms with E-state index in [-0.39, 0.29) is 10.1 Å². The van der Waals surface area contributed by atoms with E-state index < -0.39 is 21.5 Å². The highest BCUT2D eigenvalue weighted by atomic mass is 32.2. The first-order valence-corrected chi connectivity index (χ1v) is 11.9. The molecule has 0 spiro atoms. The molecule has 0 saturated heterocycles. The fourth-order valence-electron chi connectivity index (χ4n) is 3.55. The maximum absolute atomic E-state index is 12.9. The minimum absolute atomic E-state index is 0.144. The quantitative estimate of drug-likeness (QED) is 0.672. The highest BCUT2D eigenvalue weighted by Gasteiger charge is 2.26. The van der Waals surface area contributed by atoms with Crippen LogP contribution in [0.1, 0.15) is 67.6 Å². The first kappa shape index (κ1) is 21.8. The Morgan fingerprint density at radius 3 is 2.69 bits per heavy atom. The summed E-state index contributed by atoms with van der Waals surface area (Å²) in [5, 5.41) is 19.1. The Balaban J connectivity index is 1.97. The van der Waals surface area contributed by atoms with Crippen LogP contribution in [0.4, 0.5) is 10.5 Å². The molecule has 0 bridgehead atoms. The molecule has 0 radical (unpaired) electrons. The van der Waals surface area contributed by atoms with Gasteiger partial charge in [-0.2, -0.15) is 0 Å². The number of urea groups is 1. The highest BCUT2D eigenvalue weighted by molar-refractivity contribution is 7.93. The molecule has 1 atom stereocenters. The zero-order valence-electron chi connectivity index (χ0n) is 17.3. The average Bonchev–Trinajstić information content (AvgIpc) is 3.22. The van der Waals surface area contributed by atoms with Crippen LogP contribution in [0.5, 0.6) is 0 Å². The fraction of sp³-hybridized carbons (Fsp3) is 0.526. The van der Waals surface area contributed by atoms with Crippen LogP contribution in [0.3, 0.4) is 0 Å². The van der Waals surface area contributed by atoms with E-state index in [1.54, 1.807) is 13.8 Å². The zero-order valence-corrected chi connectivity index (χ0v) is 18.9. The number of hydrogen-bond donors (Lipinski definition) is 3. The number of anilines is 1. The van der Waals surface area contributed by atoms with Crippen molar-refractivity contribution in [3.63, 3.8) is 0 Å². The van der Waals surface area contributed by atoms with Crippen molar-refractivity contribution < 1.29 is 14.1 Å². The van der Waals surface area contributed by atoms with Gasteiger partial charge in [0.15, 0.2) is 9.92 Å². The number of fused-ring (bicyclic) bond motifs is 1. The molecule has 158 valence electrons. The van der Waals surface area contributed by atoms with Crippen molar-refractivity contribution in [3.8, 4) is 0 Å². The highest BCUT2D eigenvalue weighted by Crippen LogP contribution is 2.36.